The van der Waals surface area contributed by atoms with Crippen LogP contribution < -0.4 is 16.2 Å². The van der Waals surface area contributed by atoms with E-state index in [9.17, 15) is 14.4 Å². The van der Waals surface area contributed by atoms with E-state index in [2.05, 4.69) is 15.6 Å². The number of carbonyl (C=O) groups is 2. The van der Waals surface area contributed by atoms with Gasteiger partial charge in [0, 0.05) is 16.9 Å². The van der Waals surface area contributed by atoms with E-state index < -0.39 is 0 Å². The van der Waals surface area contributed by atoms with Crippen molar-refractivity contribution in [2.24, 2.45) is 0 Å². The van der Waals surface area contributed by atoms with Gasteiger partial charge in [-0.15, -0.1) is 11.3 Å². The van der Waals surface area contributed by atoms with Crippen molar-refractivity contribution in [3.8, 4) is 5.69 Å². The Balaban J connectivity index is 1.34. The van der Waals surface area contributed by atoms with Crippen molar-refractivity contribution in [1.82, 2.24) is 9.55 Å². The van der Waals surface area contributed by atoms with E-state index in [4.69, 9.17) is 0 Å². The second-order valence-corrected chi connectivity index (χ2v) is 8.78. The van der Waals surface area contributed by atoms with Crippen LogP contribution in [0.15, 0.2) is 95.1 Å². The minimum Gasteiger partial charge on any atom is -0.322 e. The third kappa shape index (κ3) is 4.60. The van der Waals surface area contributed by atoms with E-state index in [1.807, 2.05) is 23.6 Å². The normalized spacial score (nSPS) is 10.8. The van der Waals surface area contributed by atoms with E-state index in [1.54, 1.807) is 73.7 Å². The summed E-state index contributed by atoms with van der Waals surface area (Å²) in [5, 5.41) is 8.04. The summed E-state index contributed by atoms with van der Waals surface area (Å²) < 4.78 is 1.53. The van der Waals surface area contributed by atoms with Crippen LogP contribution in [0.1, 0.15) is 25.9 Å². The zero-order chi connectivity index (χ0) is 24.4. The number of rotatable bonds is 5. The van der Waals surface area contributed by atoms with Crippen LogP contribution in [0.4, 0.5) is 11.4 Å². The zero-order valence-corrected chi connectivity index (χ0v) is 19.5. The molecule has 2 amide bonds. The third-order valence-corrected chi connectivity index (χ3v) is 6.32. The molecule has 5 rings (SSSR count). The minimum atomic E-state index is -0.306. The number of carbonyl (C=O) groups excluding carboxylic acids is 2. The molecule has 2 N–H and O–H groups in total. The van der Waals surface area contributed by atoms with E-state index in [0.717, 1.165) is 0 Å². The molecule has 0 saturated heterocycles. The van der Waals surface area contributed by atoms with Crippen LogP contribution in [0, 0.1) is 6.92 Å². The molecule has 7 nitrogen and oxygen atoms in total. The van der Waals surface area contributed by atoms with Crippen LogP contribution in [0.25, 0.3) is 16.6 Å². The van der Waals surface area contributed by atoms with E-state index in [1.165, 1.54) is 15.9 Å². The Morgan fingerprint density at radius 1 is 0.829 bits per heavy atom. The van der Waals surface area contributed by atoms with Crippen molar-refractivity contribution in [3.05, 3.63) is 117 Å². The van der Waals surface area contributed by atoms with Gasteiger partial charge in [-0.1, -0.05) is 24.3 Å². The maximum Gasteiger partial charge on any atom is 0.265 e. The largest absolute Gasteiger partial charge is 0.322 e. The van der Waals surface area contributed by atoms with Crippen LogP contribution in [-0.4, -0.2) is 21.4 Å². The summed E-state index contributed by atoms with van der Waals surface area (Å²) in [5.41, 5.74) is 2.67. The molecule has 0 aliphatic carbocycles. The number of aryl methyl sites for hydroxylation is 1. The molecule has 35 heavy (non-hydrogen) atoms. The number of hydrogen-bond donors (Lipinski definition) is 2. The molecular weight excluding hydrogens is 460 g/mol. The molecular formula is C27H20N4O3S. The molecule has 0 spiro atoms. The number of hydrogen-bond acceptors (Lipinski definition) is 5. The summed E-state index contributed by atoms with van der Waals surface area (Å²) >= 11 is 1.36. The lowest BCUT2D eigenvalue weighted by Gasteiger charge is -2.12. The van der Waals surface area contributed by atoms with Gasteiger partial charge < -0.3 is 10.6 Å². The monoisotopic (exact) mass is 480 g/mol. The van der Waals surface area contributed by atoms with E-state index in [0.29, 0.717) is 44.2 Å². The highest BCUT2D eigenvalue weighted by molar-refractivity contribution is 7.12. The molecule has 0 aliphatic heterocycles. The summed E-state index contributed by atoms with van der Waals surface area (Å²) in [7, 11) is 0. The Kier molecular flexibility index (Phi) is 5.95. The molecule has 5 aromatic rings. The van der Waals surface area contributed by atoms with Crippen LogP contribution in [-0.2, 0) is 0 Å². The Morgan fingerprint density at radius 2 is 1.54 bits per heavy atom. The smallest absolute Gasteiger partial charge is 0.265 e. The number of benzene rings is 3. The maximum atomic E-state index is 13.0. The standard InChI is InChI=1S/C27H20N4O3S/c1-17-28-23-9-3-2-8-22(23)27(34)31(17)21-13-11-18(12-14-21)25(32)29-19-6-4-7-20(16-19)30-26(33)24-10-5-15-35-24/h2-16H,1H3,(H,29,32)(H,30,33). The van der Waals surface area contributed by atoms with Crippen LogP contribution in [0.3, 0.4) is 0 Å². The molecule has 2 heterocycles. The van der Waals surface area contributed by atoms with Crippen molar-refractivity contribution in [2.75, 3.05) is 10.6 Å². The number of aromatic nitrogens is 2. The number of nitrogens with one attached hydrogen (secondary N) is 2. The number of amides is 2. The minimum absolute atomic E-state index is 0.160. The Morgan fingerprint density at radius 3 is 2.26 bits per heavy atom. The quantitative estimate of drug-likeness (QED) is 0.359. The average Bonchev–Trinajstić information content (AvgIpc) is 3.40. The average molecular weight is 481 g/mol. The summed E-state index contributed by atoms with van der Waals surface area (Å²) in [6.07, 6.45) is 0. The zero-order valence-electron chi connectivity index (χ0n) is 18.7. The maximum absolute atomic E-state index is 13.0. The molecule has 0 bridgehead atoms. The first-order chi connectivity index (χ1) is 17.0. The Labute approximate surface area is 204 Å². The first kappa shape index (κ1) is 22.2. The van der Waals surface area contributed by atoms with Gasteiger partial charge in [0.25, 0.3) is 17.4 Å². The van der Waals surface area contributed by atoms with Gasteiger partial charge in [-0.25, -0.2) is 4.98 Å². The third-order valence-electron chi connectivity index (χ3n) is 5.45. The Hall–Kier alpha value is -4.56. The molecule has 0 radical (unpaired) electrons. The summed E-state index contributed by atoms with van der Waals surface area (Å²) in [6, 6.07) is 24.5. The highest BCUT2D eigenvalue weighted by Gasteiger charge is 2.12. The van der Waals surface area contributed by atoms with Crippen LogP contribution >= 0.6 is 11.3 Å². The number of anilines is 2. The van der Waals surface area contributed by atoms with Crippen LogP contribution in [0.2, 0.25) is 0 Å². The fourth-order valence-electron chi connectivity index (χ4n) is 3.79. The van der Waals surface area contributed by atoms with Gasteiger partial charge in [0.05, 0.1) is 21.5 Å². The molecule has 0 atom stereocenters. The van der Waals surface area contributed by atoms with Gasteiger partial charge in [0.15, 0.2) is 0 Å². The second kappa shape index (κ2) is 9.36. The van der Waals surface area contributed by atoms with E-state index in [-0.39, 0.29) is 17.4 Å². The summed E-state index contributed by atoms with van der Waals surface area (Å²) in [5.74, 6) is 0.0547. The topological polar surface area (TPSA) is 93.1 Å². The van der Waals surface area contributed by atoms with Gasteiger partial charge in [-0.05, 0) is 73.0 Å². The van der Waals surface area contributed by atoms with Crippen molar-refractivity contribution in [2.45, 2.75) is 6.92 Å². The molecule has 0 saturated carbocycles. The first-order valence-electron chi connectivity index (χ1n) is 10.8. The van der Waals surface area contributed by atoms with Gasteiger partial charge in [-0.3, -0.25) is 19.0 Å². The van der Waals surface area contributed by atoms with Crippen molar-refractivity contribution >= 4 is 45.4 Å². The lowest BCUT2D eigenvalue weighted by atomic mass is 10.1. The number of fused-ring (bicyclic) bond motifs is 1. The lowest BCUT2D eigenvalue weighted by molar-refractivity contribution is 0.102. The molecule has 0 fully saturated rings. The highest BCUT2D eigenvalue weighted by Crippen LogP contribution is 2.19. The lowest BCUT2D eigenvalue weighted by Crippen LogP contribution is -2.22. The number of nitrogens with zero attached hydrogens (tertiary/aromatic N) is 2. The predicted molar refractivity (Wildman–Crippen MR) is 139 cm³/mol. The van der Waals surface area contributed by atoms with E-state index >= 15 is 0 Å². The van der Waals surface area contributed by atoms with Crippen molar-refractivity contribution in [1.29, 1.82) is 0 Å². The van der Waals surface area contributed by atoms with Gasteiger partial charge >= 0.3 is 0 Å². The highest BCUT2D eigenvalue weighted by atomic mass is 32.1. The molecule has 8 heteroatoms. The Bertz CT molecular complexity index is 1610. The molecule has 2 aromatic heterocycles. The number of thiophene rings is 1. The molecule has 0 unspecified atom stereocenters. The van der Waals surface area contributed by atoms with Gasteiger partial charge in [-0.2, -0.15) is 0 Å². The molecule has 172 valence electrons. The van der Waals surface area contributed by atoms with Crippen molar-refractivity contribution in [3.63, 3.8) is 0 Å². The second-order valence-electron chi connectivity index (χ2n) is 7.83. The SMILES string of the molecule is Cc1nc2ccccc2c(=O)n1-c1ccc(C(=O)Nc2cccc(NC(=O)c3cccs3)c2)cc1. The molecule has 0 aliphatic rings. The van der Waals surface area contributed by atoms with Gasteiger partial charge in [0.1, 0.15) is 5.82 Å². The fraction of sp³-hybridized carbons (Fsp3) is 0.0370. The summed E-state index contributed by atoms with van der Waals surface area (Å²) in [4.78, 5) is 43.2. The van der Waals surface area contributed by atoms with Crippen LogP contribution in [0.5, 0.6) is 0 Å². The first-order valence-corrected chi connectivity index (χ1v) is 11.7. The fourth-order valence-corrected chi connectivity index (χ4v) is 4.41. The predicted octanol–water partition coefficient (Wildman–Crippen LogP) is 5.26. The van der Waals surface area contributed by atoms with Gasteiger partial charge in [0.2, 0.25) is 0 Å². The molecule has 3 aromatic carbocycles. The summed E-state index contributed by atoms with van der Waals surface area (Å²) in [6.45, 7) is 1.78. The van der Waals surface area contributed by atoms with Crippen molar-refractivity contribution < 1.29 is 9.59 Å². The number of para-hydroxylation sites is 1.